The highest BCUT2D eigenvalue weighted by molar-refractivity contribution is 5.70. The van der Waals surface area contributed by atoms with Crippen molar-refractivity contribution in [1.29, 1.82) is 0 Å². The van der Waals surface area contributed by atoms with Crippen LogP contribution in [0.3, 0.4) is 0 Å². The molecule has 0 radical (unpaired) electrons. The molecular weight excluding hydrogens is 426 g/mol. The van der Waals surface area contributed by atoms with Crippen LogP contribution in [0.4, 0.5) is 0 Å². The van der Waals surface area contributed by atoms with Gasteiger partial charge >= 0.3 is 11.9 Å². The van der Waals surface area contributed by atoms with Crippen molar-refractivity contribution in [3.05, 3.63) is 35.9 Å². The molecule has 1 aromatic carbocycles. The number of hydrogen-bond acceptors (Lipinski definition) is 5. The lowest BCUT2D eigenvalue weighted by Crippen LogP contribution is -2.43. The first-order valence-corrected chi connectivity index (χ1v) is 13.5. The van der Waals surface area contributed by atoms with Gasteiger partial charge in [0.15, 0.2) is 0 Å². The van der Waals surface area contributed by atoms with Gasteiger partial charge in [-0.25, -0.2) is 0 Å². The first-order chi connectivity index (χ1) is 16.3. The highest BCUT2D eigenvalue weighted by Gasteiger charge is 2.37. The van der Waals surface area contributed by atoms with E-state index in [2.05, 4.69) is 17.4 Å². The van der Waals surface area contributed by atoms with E-state index in [0.29, 0.717) is 12.8 Å². The van der Waals surface area contributed by atoms with Gasteiger partial charge in [0, 0.05) is 25.7 Å². The molecule has 34 heavy (non-hydrogen) atoms. The standard InChI is InChI=1S/C29H47NO4/c1-28(2,3)33-26(31)19-15-10-8-6-4-5-7-9-11-16-20-27(32)34-29(21-23-30-24-22-29)25-17-13-12-14-18-25/h12-14,17-18,30H,4-11,15-16,19-24H2,1-3H3. The highest BCUT2D eigenvalue weighted by atomic mass is 16.6. The predicted molar refractivity (Wildman–Crippen MR) is 138 cm³/mol. The van der Waals surface area contributed by atoms with Crippen molar-refractivity contribution in [3.63, 3.8) is 0 Å². The number of carbonyl (C=O) groups excluding carboxylic acids is 2. The largest absolute Gasteiger partial charge is 0.460 e. The maximum atomic E-state index is 12.6. The van der Waals surface area contributed by atoms with E-state index in [0.717, 1.165) is 57.2 Å². The van der Waals surface area contributed by atoms with E-state index in [1.165, 1.54) is 38.5 Å². The van der Waals surface area contributed by atoms with Crippen LogP contribution in [0.5, 0.6) is 0 Å². The third-order valence-electron chi connectivity index (χ3n) is 6.45. The van der Waals surface area contributed by atoms with Crippen molar-refractivity contribution in [2.24, 2.45) is 0 Å². The zero-order chi connectivity index (χ0) is 24.7. The molecule has 1 fully saturated rings. The zero-order valence-corrected chi connectivity index (χ0v) is 21.8. The van der Waals surface area contributed by atoms with Gasteiger partial charge in [0.25, 0.3) is 0 Å². The Hall–Kier alpha value is -1.88. The average molecular weight is 474 g/mol. The van der Waals surface area contributed by atoms with E-state index in [9.17, 15) is 9.59 Å². The van der Waals surface area contributed by atoms with Crippen molar-refractivity contribution < 1.29 is 19.1 Å². The van der Waals surface area contributed by atoms with Crippen LogP contribution in [-0.2, 0) is 24.7 Å². The summed E-state index contributed by atoms with van der Waals surface area (Å²) < 4.78 is 11.4. The van der Waals surface area contributed by atoms with Gasteiger partial charge in [-0.3, -0.25) is 9.59 Å². The first-order valence-electron chi connectivity index (χ1n) is 13.5. The lowest BCUT2D eigenvalue weighted by Gasteiger charge is -2.37. The van der Waals surface area contributed by atoms with E-state index in [-0.39, 0.29) is 17.5 Å². The minimum absolute atomic E-state index is 0.0582. The van der Waals surface area contributed by atoms with Crippen LogP contribution in [-0.4, -0.2) is 30.6 Å². The van der Waals surface area contributed by atoms with Crippen LogP contribution < -0.4 is 5.32 Å². The quantitative estimate of drug-likeness (QED) is 0.223. The minimum Gasteiger partial charge on any atom is -0.460 e. The first kappa shape index (κ1) is 28.4. The fraction of sp³-hybridized carbons (Fsp3) is 0.724. The van der Waals surface area contributed by atoms with Gasteiger partial charge in [-0.2, -0.15) is 0 Å². The maximum Gasteiger partial charge on any atom is 0.306 e. The number of hydrogen-bond donors (Lipinski definition) is 1. The molecule has 0 unspecified atom stereocenters. The summed E-state index contributed by atoms with van der Waals surface area (Å²) in [5, 5.41) is 3.37. The molecule has 0 saturated carbocycles. The second kappa shape index (κ2) is 15.2. The summed E-state index contributed by atoms with van der Waals surface area (Å²) >= 11 is 0. The molecule has 1 saturated heterocycles. The number of piperidine rings is 1. The Morgan fingerprint density at radius 1 is 0.765 bits per heavy atom. The van der Waals surface area contributed by atoms with Gasteiger partial charge in [0.1, 0.15) is 11.2 Å². The van der Waals surface area contributed by atoms with Crippen LogP contribution >= 0.6 is 0 Å². The molecule has 1 N–H and O–H groups in total. The molecule has 5 nitrogen and oxygen atoms in total. The number of rotatable bonds is 15. The topological polar surface area (TPSA) is 64.6 Å². The Morgan fingerprint density at radius 2 is 1.24 bits per heavy atom. The van der Waals surface area contributed by atoms with Crippen LogP contribution in [0, 0.1) is 0 Å². The summed E-state index contributed by atoms with van der Waals surface area (Å²) in [7, 11) is 0. The number of esters is 2. The van der Waals surface area contributed by atoms with Gasteiger partial charge in [0.2, 0.25) is 0 Å². The Morgan fingerprint density at radius 3 is 1.74 bits per heavy atom. The van der Waals surface area contributed by atoms with Gasteiger partial charge in [-0.05, 0) is 52.3 Å². The molecule has 2 rings (SSSR count). The number of nitrogens with one attached hydrogen (secondary N) is 1. The molecule has 1 aromatic rings. The lowest BCUT2D eigenvalue weighted by molar-refractivity contribution is -0.164. The highest BCUT2D eigenvalue weighted by Crippen LogP contribution is 2.35. The molecule has 1 aliphatic heterocycles. The SMILES string of the molecule is CC(C)(C)OC(=O)CCCCCCCCCCCCC(=O)OC1(c2ccccc2)CCNCC1. The number of unbranched alkanes of at least 4 members (excludes halogenated alkanes) is 9. The molecular formula is C29H47NO4. The fourth-order valence-electron chi connectivity index (χ4n) is 4.64. The van der Waals surface area contributed by atoms with E-state index in [1.54, 1.807) is 0 Å². The molecule has 0 bridgehead atoms. The summed E-state index contributed by atoms with van der Waals surface area (Å²) in [5.41, 5.74) is 0.278. The van der Waals surface area contributed by atoms with Crippen LogP contribution in [0.25, 0.3) is 0 Å². The summed E-state index contributed by atoms with van der Waals surface area (Å²) in [5.74, 6) is -0.139. The summed E-state index contributed by atoms with van der Waals surface area (Å²) in [6.07, 6.45) is 14.1. The Balaban J connectivity index is 1.47. The molecule has 1 heterocycles. The summed E-state index contributed by atoms with van der Waals surface area (Å²) in [4.78, 5) is 24.3. The van der Waals surface area contributed by atoms with Crippen LogP contribution in [0.1, 0.15) is 116 Å². The minimum atomic E-state index is -0.462. The number of carbonyl (C=O) groups is 2. The molecule has 0 aromatic heterocycles. The molecule has 0 aliphatic carbocycles. The van der Waals surface area contributed by atoms with Gasteiger partial charge in [0.05, 0.1) is 0 Å². The molecule has 1 aliphatic rings. The predicted octanol–water partition coefficient (Wildman–Crippen LogP) is 6.83. The molecule has 0 atom stereocenters. The van der Waals surface area contributed by atoms with Crippen molar-refractivity contribution in [2.45, 2.75) is 122 Å². The summed E-state index contributed by atoms with van der Waals surface area (Å²) in [6.45, 7) is 7.49. The van der Waals surface area contributed by atoms with Gasteiger partial charge in [-0.15, -0.1) is 0 Å². The van der Waals surface area contributed by atoms with Crippen molar-refractivity contribution >= 4 is 11.9 Å². The monoisotopic (exact) mass is 473 g/mol. The molecule has 0 amide bonds. The van der Waals surface area contributed by atoms with Crippen molar-refractivity contribution in [3.8, 4) is 0 Å². The number of ether oxygens (including phenoxy) is 2. The normalized spacial score (nSPS) is 15.6. The fourth-order valence-corrected chi connectivity index (χ4v) is 4.64. The van der Waals surface area contributed by atoms with Crippen molar-refractivity contribution in [2.75, 3.05) is 13.1 Å². The van der Waals surface area contributed by atoms with E-state index < -0.39 is 5.60 Å². The number of benzene rings is 1. The van der Waals surface area contributed by atoms with Gasteiger partial charge in [-0.1, -0.05) is 81.7 Å². The van der Waals surface area contributed by atoms with E-state index in [1.807, 2.05) is 39.0 Å². The third-order valence-corrected chi connectivity index (χ3v) is 6.45. The van der Waals surface area contributed by atoms with E-state index >= 15 is 0 Å². The molecule has 0 spiro atoms. The second-order valence-corrected chi connectivity index (χ2v) is 10.7. The maximum absolute atomic E-state index is 12.6. The van der Waals surface area contributed by atoms with Crippen LogP contribution in [0.15, 0.2) is 30.3 Å². The second-order valence-electron chi connectivity index (χ2n) is 10.7. The third kappa shape index (κ3) is 11.5. The zero-order valence-electron chi connectivity index (χ0n) is 21.8. The van der Waals surface area contributed by atoms with Crippen LogP contribution in [0.2, 0.25) is 0 Å². The molecule has 192 valence electrons. The Kier molecular flexibility index (Phi) is 12.7. The molecule has 5 heteroatoms. The smallest absolute Gasteiger partial charge is 0.306 e. The van der Waals surface area contributed by atoms with Crippen molar-refractivity contribution in [1.82, 2.24) is 5.32 Å². The van der Waals surface area contributed by atoms with Gasteiger partial charge < -0.3 is 14.8 Å². The Bertz CT molecular complexity index is 705. The average Bonchev–Trinajstić information content (AvgIpc) is 2.80. The lowest BCUT2D eigenvalue weighted by atomic mass is 9.84. The summed E-state index contributed by atoms with van der Waals surface area (Å²) in [6, 6.07) is 10.2. The Labute approximate surface area is 207 Å². The van der Waals surface area contributed by atoms with E-state index in [4.69, 9.17) is 9.47 Å².